The topological polar surface area (TPSA) is 102 Å². The Morgan fingerprint density at radius 2 is 1.65 bits per heavy atom. The molecule has 1 rings (SSSR count). The van der Waals surface area contributed by atoms with Gasteiger partial charge in [0.05, 0.1) is 17.9 Å². The van der Waals surface area contributed by atoms with Crippen LogP contribution >= 0.6 is 11.8 Å². The maximum Gasteiger partial charge on any atom is 0.303 e. The fraction of sp³-hybridized carbons (Fsp3) is 0.645. The van der Waals surface area contributed by atoms with E-state index in [2.05, 4.69) is 0 Å². The van der Waals surface area contributed by atoms with Gasteiger partial charge in [0, 0.05) is 32.5 Å². The van der Waals surface area contributed by atoms with Gasteiger partial charge in [0.1, 0.15) is 17.1 Å². The summed E-state index contributed by atoms with van der Waals surface area (Å²) in [5.74, 6) is -1.10. The molecule has 0 aromatic heterocycles. The van der Waals surface area contributed by atoms with Gasteiger partial charge in [-0.1, -0.05) is 39.3 Å². The van der Waals surface area contributed by atoms with E-state index in [9.17, 15) is 19.5 Å². The highest BCUT2D eigenvalue weighted by atomic mass is 32.2. The van der Waals surface area contributed by atoms with E-state index in [1.807, 2.05) is 47.6 Å². The van der Waals surface area contributed by atoms with Gasteiger partial charge in [0.15, 0.2) is 6.10 Å². The monoisotopic (exact) mass is 579 g/mol. The summed E-state index contributed by atoms with van der Waals surface area (Å²) < 4.78 is 17.6. The molecule has 226 valence electrons. The Morgan fingerprint density at radius 3 is 2.10 bits per heavy atom. The normalized spacial score (nSPS) is 14.1. The van der Waals surface area contributed by atoms with Crippen LogP contribution in [0, 0.1) is 0 Å². The first-order valence-electron chi connectivity index (χ1n) is 14.1. The molecule has 9 heteroatoms. The van der Waals surface area contributed by atoms with Crippen molar-refractivity contribution in [2.75, 3.05) is 20.2 Å². The van der Waals surface area contributed by atoms with Crippen LogP contribution in [0.2, 0.25) is 0 Å². The van der Waals surface area contributed by atoms with E-state index in [1.54, 1.807) is 17.9 Å². The molecule has 40 heavy (non-hydrogen) atoms. The van der Waals surface area contributed by atoms with Crippen molar-refractivity contribution in [3.8, 4) is 11.5 Å². The zero-order valence-corrected chi connectivity index (χ0v) is 26.8. The van der Waals surface area contributed by atoms with E-state index >= 15 is 0 Å². The summed E-state index contributed by atoms with van der Waals surface area (Å²) in [6.45, 7) is 17.6. The number of methoxy groups -OCH3 is 1. The second kappa shape index (κ2) is 16.6. The predicted octanol–water partition coefficient (Wildman–Crippen LogP) is 6.85. The van der Waals surface area contributed by atoms with Gasteiger partial charge in [0.25, 0.3) is 5.91 Å². The number of carbonyl (C=O) groups is 3. The molecule has 0 saturated heterocycles. The van der Waals surface area contributed by atoms with Gasteiger partial charge in [-0.25, -0.2) is 0 Å². The Balaban J connectivity index is 3.85. The molecular formula is C31H49NO7S. The zero-order valence-electron chi connectivity index (χ0n) is 26.0. The van der Waals surface area contributed by atoms with Crippen LogP contribution in [-0.4, -0.2) is 65.0 Å². The Morgan fingerprint density at radius 1 is 1.05 bits per heavy atom. The highest BCUT2D eigenvalue weighted by Gasteiger charge is 2.47. The number of carbonyl (C=O) groups excluding carboxylic acids is 3. The number of hydrogen-bond acceptors (Lipinski definition) is 8. The summed E-state index contributed by atoms with van der Waals surface area (Å²) in [4.78, 5) is 39.9. The third-order valence-corrected chi connectivity index (χ3v) is 7.63. The summed E-state index contributed by atoms with van der Waals surface area (Å²) in [7, 11) is 1.47. The van der Waals surface area contributed by atoms with E-state index < -0.39 is 28.9 Å². The highest BCUT2D eigenvalue weighted by molar-refractivity contribution is 8.00. The van der Waals surface area contributed by atoms with E-state index in [-0.39, 0.29) is 16.9 Å². The molecule has 0 saturated carbocycles. The van der Waals surface area contributed by atoms with Gasteiger partial charge in [-0.15, -0.1) is 11.8 Å². The van der Waals surface area contributed by atoms with Crippen LogP contribution in [0.5, 0.6) is 11.5 Å². The number of phenols is 1. The number of aromatic hydroxyl groups is 1. The van der Waals surface area contributed by atoms with Crippen LogP contribution in [0.15, 0.2) is 23.8 Å². The van der Waals surface area contributed by atoms with Crippen molar-refractivity contribution in [3.63, 3.8) is 0 Å². The molecule has 0 aliphatic rings. The minimum atomic E-state index is -1.22. The molecule has 0 aliphatic carbocycles. The largest absolute Gasteiger partial charge is 0.507 e. The van der Waals surface area contributed by atoms with Gasteiger partial charge in [-0.05, 0) is 63.8 Å². The first-order chi connectivity index (χ1) is 18.7. The average Bonchev–Trinajstić information content (AvgIpc) is 2.84. The van der Waals surface area contributed by atoms with Gasteiger partial charge in [-0.2, -0.15) is 0 Å². The number of phenolic OH excluding ortho intramolecular Hbond substituents is 1. The standard InChI is InChI=1S/C31H49NO7S/c1-11-16-32(17-12-2)30(36)24-18-25(35)27(26(19-24)37-10)28(40-21(5)6)29(38-22(7)33)31(9,39-23(8)34)15-13-14-20(3)4/h14,18-19,21,28-29,35H,11-13,15-17H2,1-10H3/t28-,29-,31+/m1/s1. The Labute approximate surface area is 244 Å². The molecule has 0 fully saturated rings. The molecule has 8 nitrogen and oxygen atoms in total. The zero-order chi connectivity index (χ0) is 30.6. The van der Waals surface area contributed by atoms with Gasteiger partial charge >= 0.3 is 11.9 Å². The number of hydrogen-bond donors (Lipinski definition) is 1. The molecule has 0 bridgehead atoms. The lowest BCUT2D eigenvalue weighted by Gasteiger charge is -2.41. The Kier molecular flexibility index (Phi) is 14.6. The first kappa shape index (κ1) is 35.3. The highest BCUT2D eigenvalue weighted by Crippen LogP contribution is 2.49. The average molecular weight is 580 g/mol. The smallest absolute Gasteiger partial charge is 0.303 e. The lowest BCUT2D eigenvalue weighted by Crippen LogP contribution is -2.48. The van der Waals surface area contributed by atoms with Crippen molar-refractivity contribution in [2.45, 2.75) is 110 Å². The molecule has 0 unspecified atom stereocenters. The molecule has 1 N–H and O–H groups in total. The second-order valence-electron chi connectivity index (χ2n) is 10.8. The number of benzene rings is 1. The van der Waals surface area contributed by atoms with E-state index in [4.69, 9.17) is 14.2 Å². The van der Waals surface area contributed by atoms with Crippen molar-refractivity contribution >= 4 is 29.6 Å². The van der Waals surface area contributed by atoms with Crippen LogP contribution in [0.4, 0.5) is 0 Å². The summed E-state index contributed by atoms with van der Waals surface area (Å²) in [5, 5.41) is 10.8. The second-order valence-corrected chi connectivity index (χ2v) is 12.5. The number of esters is 2. The fourth-order valence-corrected chi connectivity index (χ4v) is 6.17. The number of thioether (sulfide) groups is 1. The third kappa shape index (κ3) is 10.4. The molecule has 1 amide bonds. The van der Waals surface area contributed by atoms with Gasteiger partial charge in [0.2, 0.25) is 0 Å². The number of rotatable bonds is 16. The molecule has 0 radical (unpaired) electrons. The molecular weight excluding hydrogens is 530 g/mol. The molecule has 0 aliphatic heterocycles. The molecule has 1 aromatic rings. The summed E-state index contributed by atoms with van der Waals surface area (Å²) >= 11 is 1.46. The lowest BCUT2D eigenvalue weighted by atomic mass is 9.86. The van der Waals surface area contributed by atoms with Gasteiger partial charge in [-0.3, -0.25) is 14.4 Å². The number of allylic oxidation sites excluding steroid dienone is 2. The third-order valence-electron chi connectivity index (χ3n) is 6.30. The molecule has 3 atom stereocenters. The van der Waals surface area contributed by atoms with Crippen molar-refractivity contribution in [1.29, 1.82) is 0 Å². The minimum Gasteiger partial charge on any atom is -0.507 e. The first-order valence-corrected chi connectivity index (χ1v) is 15.0. The fourth-order valence-electron chi connectivity index (χ4n) is 4.72. The Bertz CT molecular complexity index is 1030. The number of ether oxygens (including phenoxy) is 3. The van der Waals surface area contributed by atoms with Crippen molar-refractivity contribution < 1.29 is 33.7 Å². The quantitative estimate of drug-likeness (QED) is 0.168. The summed E-state index contributed by atoms with van der Waals surface area (Å²) in [6, 6.07) is 3.07. The van der Waals surface area contributed by atoms with Gasteiger partial charge < -0.3 is 24.2 Å². The van der Waals surface area contributed by atoms with Crippen LogP contribution in [-0.2, 0) is 19.1 Å². The lowest BCUT2D eigenvalue weighted by molar-refractivity contribution is -0.182. The van der Waals surface area contributed by atoms with Crippen LogP contribution < -0.4 is 4.74 Å². The van der Waals surface area contributed by atoms with E-state index in [1.165, 1.54) is 38.8 Å². The van der Waals surface area contributed by atoms with Crippen molar-refractivity contribution in [1.82, 2.24) is 4.90 Å². The minimum absolute atomic E-state index is 0.0393. The molecule has 0 spiro atoms. The Hall–Kier alpha value is -2.68. The van der Waals surface area contributed by atoms with Crippen molar-refractivity contribution in [2.24, 2.45) is 0 Å². The maximum absolute atomic E-state index is 13.4. The number of nitrogens with zero attached hydrogens (tertiary/aromatic N) is 1. The molecule has 1 aromatic carbocycles. The van der Waals surface area contributed by atoms with E-state index in [0.717, 1.165) is 18.4 Å². The van der Waals surface area contributed by atoms with E-state index in [0.29, 0.717) is 42.8 Å². The van der Waals surface area contributed by atoms with Crippen LogP contribution in [0.25, 0.3) is 0 Å². The number of amides is 1. The summed E-state index contributed by atoms with van der Waals surface area (Å²) in [5.41, 5.74) is 0.578. The predicted molar refractivity (Wildman–Crippen MR) is 161 cm³/mol. The van der Waals surface area contributed by atoms with Crippen molar-refractivity contribution in [3.05, 3.63) is 34.9 Å². The summed E-state index contributed by atoms with van der Waals surface area (Å²) in [6.07, 6.45) is 3.66. The SMILES string of the molecule is CCCN(CCC)C(=O)c1cc(O)c([C@@H](SC(C)C)[C@@H](OC(C)=O)[C@](C)(CCC=C(C)C)OC(C)=O)c(OC)c1. The molecule has 0 heterocycles. The van der Waals surface area contributed by atoms with Crippen LogP contribution in [0.3, 0.4) is 0 Å². The van der Waals surface area contributed by atoms with Crippen LogP contribution in [0.1, 0.15) is 109 Å². The maximum atomic E-state index is 13.4.